The molecule has 2 aliphatic heterocycles. The van der Waals surface area contributed by atoms with Crippen molar-refractivity contribution >= 4 is 50.4 Å². The standard InChI is InChI=1S/C26H24N6O/c1-31-19-9-3-2-6-16(19)20(26(31)32-12-14-33-15-13-32)25-29-23-17-7-4-10-27-21(17)22-18(24(23)30-25)8-5-11-28-22/h2-10,28H,11-15H2,1H3,(H,29,30). The first kappa shape index (κ1) is 18.7. The van der Waals surface area contributed by atoms with E-state index in [1.807, 2.05) is 12.3 Å². The number of anilines is 2. The van der Waals surface area contributed by atoms with Gasteiger partial charge in [-0.05, 0) is 18.2 Å². The van der Waals surface area contributed by atoms with E-state index in [0.29, 0.717) is 0 Å². The molecule has 0 amide bonds. The number of pyridine rings is 1. The summed E-state index contributed by atoms with van der Waals surface area (Å²) < 4.78 is 7.93. The fraction of sp³-hybridized carbons (Fsp3) is 0.231. The summed E-state index contributed by atoms with van der Waals surface area (Å²) in [6.45, 7) is 4.01. The summed E-state index contributed by atoms with van der Waals surface area (Å²) in [6, 6.07) is 12.7. The molecule has 0 spiro atoms. The molecule has 5 heterocycles. The summed E-state index contributed by atoms with van der Waals surface area (Å²) >= 11 is 0. The number of para-hydroxylation sites is 1. The average molecular weight is 437 g/mol. The quantitative estimate of drug-likeness (QED) is 0.425. The van der Waals surface area contributed by atoms with Crippen LogP contribution >= 0.6 is 0 Å². The number of ether oxygens (including phenoxy) is 1. The van der Waals surface area contributed by atoms with Crippen molar-refractivity contribution in [2.75, 3.05) is 43.1 Å². The highest BCUT2D eigenvalue weighted by Crippen LogP contribution is 2.42. The Morgan fingerprint density at radius 1 is 1.00 bits per heavy atom. The highest BCUT2D eigenvalue weighted by Gasteiger charge is 2.26. The van der Waals surface area contributed by atoms with Crippen molar-refractivity contribution in [2.45, 2.75) is 0 Å². The maximum absolute atomic E-state index is 5.64. The molecule has 7 nitrogen and oxygen atoms in total. The summed E-state index contributed by atoms with van der Waals surface area (Å²) in [4.78, 5) is 16.0. The number of hydrogen-bond acceptors (Lipinski definition) is 5. The first-order valence-corrected chi connectivity index (χ1v) is 11.4. The minimum Gasteiger partial charge on any atom is -0.379 e. The van der Waals surface area contributed by atoms with Crippen molar-refractivity contribution in [1.82, 2.24) is 19.5 Å². The van der Waals surface area contributed by atoms with Crippen molar-refractivity contribution < 1.29 is 4.74 Å². The van der Waals surface area contributed by atoms with E-state index in [-0.39, 0.29) is 0 Å². The molecule has 0 atom stereocenters. The van der Waals surface area contributed by atoms with Crippen LogP contribution in [0.3, 0.4) is 0 Å². The van der Waals surface area contributed by atoms with Crippen LogP contribution < -0.4 is 10.2 Å². The van der Waals surface area contributed by atoms with Gasteiger partial charge < -0.3 is 24.5 Å². The molecule has 164 valence electrons. The molecule has 2 N–H and O–H groups in total. The van der Waals surface area contributed by atoms with Crippen LogP contribution in [0.5, 0.6) is 0 Å². The number of H-pyrrole nitrogens is 1. The maximum atomic E-state index is 5.64. The predicted octanol–water partition coefficient (Wildman–Crippen LogP) is 4.55. The molecule has 5 aromatic rings. The number of aryl methyl sites for hydroxylation is 1. The lowest BCUT2D eigenvalue weighted by atomic mass is 10.0. The maximum Gasteiger partial charge on any atom is 0.142 e. The lowest BCUT2D eigenvalue weighted by molar-refractivity contribution is 0.122. The summed E-state index contributed by atoms with van der Waals surface area (Å²) in [5, 5.41) is 5.80. The van der Waals surface area contributed by atoms with Crippen molar-refractivity contribution in [2.24, 2.45) is 7.05 Å². The van der Waals surface area contributed by atoms with Gasteiger partial charge in [-0.2, -0.15) is 0 Å². The second-order valence-electron chi connectivity index (χ2n) is 8.65. The minimum atomic E-state index is 0.737. The van der Waals surface area contributed by atoms with Crippen LogP contribution in [0.4, 0.5) is 11.5 Å². The van der Waals surface area contributed by atoms with E-state index < -0.39 is 0 Å². The molecule has 0 saturated carbocycles. The summed E-state index contributed by atoms with van der Waals surface area (Å²) in [7, 11) is 2.15. The van der Waals surface area contributed by atoms with E-state index in [1.165, 1.54) is 16.7 Å². The van der Waals surface area contributed by atoms with Crippen molar-refractivity contribution in [3.63, 3.8) is 0 Å². The molecule has 33 heavy (non-hydrogen) atoms. The molecule has 1 saturated heterocycles. The SMILES string of the molecule is Cn1c(N2CCOCC2)c(-c2nc3c4c(c5ncccc5c3[nH]2)NCC=C4)c2ccccc21. The lowest BCUT2D eigenvalue weighted by Gasteiger charge is -2.30. The number of fused-ring (bicyclic) bond motifs is 7. The van der Waals surface area contributed by atoms with E-state index in [0.717, 1.165) is 77.4 Å². The van der Waals surface area contributed by atoms with Gasteiger partial charge >= 0.3 is 0 Å². The van der Waals surface area contributed by atoms with Gasteiger partial charge in [-0.15, -0.1) is 0 Å². The number of nitrogens with zero attached hydrogens (tertiary/aromatic N) is 4. The van der Waals surface area contributed by atoms with Crippen LogP contribution in [0.1, 0.15) is 5.56 Å². The zero-order valence-corrected chi connectivity index (χ0v) is 18.4. The lowest BCUT2D eigenvalue weighted by Crippen LogP contribution is -2.37. The number of aromatic nitrogens is 4. The summed E-state index contributed by atoms with van der Waals surface area (Å²) in [5.74, 6) is 2.07. The Morgan fingerprint density at radius 2 is 1.85 bits per heavy atom. The first-order valence-electron chi connectivity index (χ1n) is 11.4. The second-order valence-corrected chi connectivity index (χ2v) is 8.65. The number of rotatable bonds is 2. The molecule has 2 aliphatic rings. The number of benzene rings is 2. The zero-order chi connectivity index (χ0) is 21.9. The van der Waals surface area contributed by atoms with Crippen LogP contribution in [-0.4, -0.2) is 52.4 Å². The molecule has 0 aliphatic carbocycles. The van der Waals surface area contributed by atoms with E-state index in [4.69, 9.17) is 14.7 Å². The van der Waals surface area contributed by atoms with Gasteiger partial charge in [0.1, 0.15) is 11.6 Å². The van der Waals surface area contributed by atoms with Crippen molar-refractivity contribution in [1.29, 1.82) is 0 Å². The van der Waals surface area contributed by atoms with Gasteiger partial charge in [0, 0.05) is 49.2 Å². The fourth-order valence-electron chi connectivity index (χ4n) is 5.37. The van der Waals surface area contributed by atoms with Crippen LogP contribution in [0.2, 0.25) is 0 Å². The van der Waals surface area contributed by atoms with Crippen molar-refractivity contribution in [3.05, 3.63) is 54.2 Å². The number of morpholine rings is 1. The zero-order valence-electron chi connectivity index (χ0n) is 18.4. The van der Waals surface area contributed by atoms with Gasteiger partial charge in [0.2, 0.25) is 0 Å². The Labute approximate surface area is 190 Å². The highest BCUT2D eigenvalue weighted by atomic mass is 16.5. The monoisotopic (exact) mass is 436 g/mol. The van der Waals surface area contributed by atoms with Crippen LogP contribution in [0, 0.1) is 0 Å². The number of nitrogens with one attached hydrogen (secondary N) is 2. The van der Waals surface area contributed by atoms with Crippen LogP contribution in [-0.2, 0) is 11.8 Å². The third-order valence-corrected chi connectivity index (χ3v) is 6.85. The van der Waals surface area contributed by atoms with Gasteiger partial charge in [-0.3, -0.25) is 4.98 Å². The molecule has 1 fully saturated rings. The molecule has 0 unspecified atom stereocenters. The van der Waals surface area contributed by atoms with Gasteiger partial charge in [0.25, 0.3) is 0 Å². The number of imidazole rings is 1. The van der Waals surface area contributed by atoms with Gasteiger partial charge in [-0.25, -0.2) is 4.98 Å². The fourth-order valence-corrected chi connectivity index (χ4v) is 5.37. The largest absolute Gasteiger partial charge is 0.379 e. The molecule has 0 bridgehead atoms. The Balaban J connectivity index is 1.56. The molecule has 7 heteroatoms. The predicted molar refractivity (Wildman–Crippen MR) is 134 cm³/mol. The topological polar surface area (TPSA) is 71.0 Å². The number of aromatic amines is 1. The number of hydrogen-bond donors (Lipinski definition) is 2. The van der Waals surface area contributed by atoms with Crippen molar-refractivity contribution in [3.8, 4) is 11.4 Å². The third-order valence-electron chi connectivity index (χ3n) is 6.85. The molecule has 3 aromatic heterocycles. The summed E-state index contributed by atoms with van der Waals surface area (Å²) in [6.07, 6.45) is 6.16. The van der Waals surface area contributed by atoms with Crippen LogP contribution in [0.15, 0.2) is 48.7 Å². The second kappa shape index (κ2) is 7.08. The normalized spacial score (nSPS) is 16.0. The minimum absolute atomic E-state index is 0.737. The van der Waals surface area contributed by atoms with Gasteiger partial charge in [0.15, 0.2) is 0 Å². The Hall–Kier alpha value is -3.84. The molecule has 2 aromatic carbocycles. The average Bonchev–Trinajstić information content (AvgIpc) is 3.45. The smallest absolute Gasteiger partial charge is 0.142 e. The molecule has 0 radical (unpaired) electrons. The van der Waals surface area contributed by atoms with Gasteiger partial charge in [0.05, 0.1) is 46.5 Å². The first-order chi connectivity index (χ1) is 16.3. The molecule has 7 rings (SSSR count). The van der Waals surface area contributed by atoms with E-state index in [9.17, 15) is 0 Å². The molecular formula is C26H24N6O. The highest BCUT2D eigenvalue weighted by molar-refractivity contribution is 6.15. The molecular weight excluding hydrogens is 412 g/mol. The van der Waals surface area contributed by atoms with E-state index in [2.05, 4.69) is 69.3 Å². The van der Waals surface area contributed by atoms with E-state index in [1.54, 1.807) is 0 Å². The van der Waals surface area contributed by atoms with Crippen LogP contribution in [0.25, 0.3) is 50.3 Å². The third kappa shape index (κ3) is 2.66. The van der Waals surface area contributed by atoms with E-state index >= 15 is 0 Å². The Morgan fingerprint density at radius 3 is 2.76 bits per heavy atom. The Bertz CT molecular complexity index is 1570. The van der Waals surface area contributed by atoms with Gasteiger partial charge in [-0.1, -0.05) is 30.4 Å². The Kier molecular flexibility index (Phi) is 4.01. The summed E-state index contributed by atoms with van der Waals surface area (Å²) in [5.41, 5.74) is 7.48.